The molecular formula is C29H25F3O. The van der Waals surface area contributed by atoms with Crippen LogP contribution in [0.5, 0.6) is 5.75 Å². The highest BCUT2D eigenvalue weighted by Gasteiger charge is 2.30. The molecule has 1 nitrogen and oxygen atoms in total. The van der Waals surface area contributed by atoms with E-state index >= 15 is 0 Å². The van der Waals surface area contributed by atoms with Crippen molar-refractivity contribution in [2.24, 2.45) is 0 Å². The first-order valence-electron chi connectivity index (χ1n) is 11.2. The number of aryl methyl sites for hydroxylation is 1. The van der Waals surface area contributed by atoms with Crippen molar-refractivity contribution in [2.45, 2.75) is 45.4 Å². The molecule has 0 aliphatic rings. The first-order valence-corrected chi connectivity index (χ1v) is 11.2. The molecule has 0 saturated carbocycles. The smallest absolute Gasteiger partial charge is 0.406 e. The van der Waals surface area contributed by atoms with Gasteiger partial charge in [-0.25, -0.2) is 0 Å². The van der Waals surface area contributed by atoms with Crippen LogP contribution in [0.15, 0.2) is 72.8 Å². The Morgan fingerprint density at radius 2 is 1.33 bits per heavy atom. The van der Waals surface area contributed by atoms with Gasteiger partial charge in [-0.1, -0.05) is 74.4 Å². The first kappa shape index (κ1) is 22.7. The number of hydrogen-bond donors (Lipinski definition) is 0. The quantitative estimate of drug-likeness (QED) is 0.164. The highest BCUT2D eigenvalue weighted by Crippen LogP contribution is 2.28. The average Bonchev–Trinajstić information content (AvgIpc) is 2.80. The Morgan fingerprint density at radius 1 is 0.697 bits per heavy atom. The van der Waals surface area contributed by atoms with Gasteiger partial charge in [-0.3, -0.25) is 0 Å². The number of rotatable bonds is 6. The van der Waals surface area contributed by atoms with Crippen LogP contribution < -0.4 is 4.74 Å². The molecule has 0 saturated heterocycles. The van der Waals surface area contributed by atoms with Crippen LogP contribution >= 0.6 is 0 Å². The number of unbranched alkanes of at least 4 members (excludes halogenated alkanes) is 3. The van der Waals surface area contributed by atoms with Crippen molar-refractivity contribution in [3.63, 3.8) is 0 Å². The van der Waals surface area contributed by atoms with Crippen LogP contribution in [0.4, 0.5) is 13.2 Å². The minimum atomic E-state index is -4.70. The molecule has 33 heavy (non-hydrogen) atoms. The van der Waals surface area contributed by atoms with Gasteiger partial charge in [-0.2, -0.15) is 0 Å². The summed E-state index contributed by atoms with van der Waals surface area (Å²) in [7, 11) is 0. The fourth-order valence-corrected chi connectivity index (χ4v) is 3.99. The second kappa shape index (κ2) is 10.0. The summed E-state index contributed by atoms with van der Waals surface area (Å²) in [6.45, 7) is 2.23. The summed E-state index contributed by atoms with van der Waals surface area (Å²) in [5, 5.41) is 4.77. The van der Waals surface area contributed by atoms with E-state index in [0.29, 0.717) is 5.56 Å². The Morgan fingerprint density at radius 3 is 2.03 bits per heavy atom. The number of fused-ring (bicyclic) bond motifs is 3. The fourth-order valence-electron chi connectivity index (χ4n) is 3.99. The topological polar surface area (TPSA) is 9.23 Å². The van der Waals surface area contributed by atoms with E-state index < -0.39 is 6.36 Å². The van der Waals surface area contributed by atoms with Gasteiger partial charge in [0.2, 0.25) is 0 Å². The van der Waals surface area contributed by atoms with Crippen molar-refractivity contribution in [1.82, 2.24) is 0 Å². The van der Waals surface area contributed by atoms with Gasteiger partial charge in [-0.05, 0) is 76.3 Å². The van der Waals surface area contributed by atoms with Gasteiger partial charge >= 0.3 is 6.36 Å². The van der Waals surface area contributed by atoms with Crippen molar-refractivity contribution < 1.29 is 17.9 Å². The summed E-state index contributed by atoms with van der Waals surface area (Å²) >= 11 is 0. The highest BCUT2D eigenvalue weighted by atomic mass is 19.4. The fraction of sp³-hybridized carbons (Fsp3) is 0.241. The standard InChI is InChI=1S/C29H25F3O/c1-2-3-4-5-6-22-11-17-27-24(19-22)13-14-25-20-23(12-18-28(25)27)8-7-21-9-15-26(16-10-21)33-29(30,31)32/h9-20H,2-6H2,1H3. The van der Waals surface area contributed by atoms with Crippen molar-refractivity contribution >= 4 is 21.5 Å². The zero-order valence-corrected chi connectivity index (χ0v) is 18.5. The number of alkyl halides is 3. The minimum Gasteiger partial charge on any atom is -0.406 e. The maximum Gasteiger partial charge on any atom is 0.573 e. The number of benzene rings is 4. The maximum absolute atomic E-state index is 12.3. The summed E-state index contributed by atoms with van der Waals surface area (Å²) in [4.78, 5) is 0. The van der Waals surface area contributed by atoms with Gasteiger partial charge in [0, 0.05) is 11.1 Å². The molecule has 0 fully saturated rings. The lowest BCUT2D eigenvalue weighted by Crippen LogP contribution is -2.16. The van der Waals surface area contributed by atoms with Gasteiger partial charge in [0.1, 0.15) is 5.75 Å². The van der Waals surface area contributed by atoms with Gasteiger partial charge in [0.05, 0.1) is 0 Å². The molecule has 168 valence electrons. The third-order valence-electron chi connectivity index (χ3n) is 5.66. The van der Waals surface area contributed by atoms with Gasteiger partial charge in [0.25, 0.3) is 0 Å². The summed E-state index contributed by atoms with van der Waals surface area (Å²) in [6, 6.07) is 22.7. The van der Waals surface area contributed by atoms with E-state index in [9.17, 15) is 13.2 Å². The lowest BCUT2D eigenvalue weighted by atomic mass is 9.97. The van der Waals surface area contributed by atoms with E-state index in [1.54, 1.807) is 0 Å². The molecule has 4 rings (SSSR count). The molecular weight excluding hydrogens is 421 g/mol. The molecule has 0 bridgehead atoms. The normalized spacial score (nSPS) is 11.4. The molecule has 4 aromatic carbocycles. The first-order chi connectivity index (χ1) is 15.9. The highest BCUT2D eigenvalue weighted by molar-refractivity contribution is 6.07. The minimum absolute atomic E-state index is 0.255. The number of ether oxygens (including phenoxy) is 1. The molecule has 0 heterocycles. The zero-order chi connectivity index (χ0) is 23.3. The molecule has 0 radical (unpaired) electrons. The van der Waals surface area contributed by atoms with Crippen molar-refractivity contribution in [3.05, 3.63) is 89.5 Å². The third kappa shape index (κ3) is 6.08. The molecule has 0 N–H and O–H groups in total. The molecule has 0 unspecified atom stereocenters. The van der Waals surface area contributed by atoms with Crippen LogP contribution in [0.25, 0.3) is 21.5 Å². The van der Waals surface area contributed by atoms with E-state index in [-0.39, 0.29) is 5.75 Å². The Labute approximate surface area is 192 Å². The lowest BCUT2D eigenvalue weighted by Gasteiger charge is -2.08. The van der Waals surface area contributed by atoms with Crippen LogP contribution in [0.2, 0.25) is 0 Å². The molecule has 0 amide bonds. The van der Waals surface area contributed by atoms with Gasteiger partial charge in [-0.15, -0.1) is 13.2 Å². The van der Waals surface area contributed by atoms with Crippen molar-refractivity contribution in [3.8, 4) is 17.6 Å². The number of hydrogen-bond acceptors (Lipinski definition) is 1. The summed E-state index contributed by atoms with van der Waals surface area (Å²) in [5.41, 5.74) is 2.85. The average molecular weight is 447 g/mol. The SMILES string of the molecule is CCCCCCc1ccc2c(ccc3cc(C#Cc4ccc(OC(F)(F)F)cc4)ccc32)c1. The molecule has 0 aliphatic carbocycles. The molecule has 4 aromatic rings. The predicted molar refractivity (Wildman–Crippen MR) is 128 cm³/mol. The van der Waals surface area contributed by atoms with Gasteiger partial charge in [0.15, 0.2) is 0 Å². The second-order valence-electron chi connectivity index (χ2n) is 8.19. The number of halogens is 3. The summed E-state index contributed by atoms with van der Waals surface area (Å²) in [5.74, 6) is 5.85. The molecule has 0 atom stereocenters. The van der Waals surface area contributed by atoms with Crippen LogP contribution in [0.1, 0.15) is 49.3 Å². The molecule has 0 aliphatic heterocycles. The second-order valence-corrected chi connectivity index (χ2v) is 8.19. The Balaban J connectivity index is 1.52. The van der Waals surface area contributed by atoms with E-state index in [0.717, 1.165) is 17.4 Å². The monoisotopic (exact) mass is 446 g/mol. The van der Waals surface area contributed by atoms with Crippen molar-refractivity contribution in [1.29, 1.82) is 0 Å². The zero-order valence-electron chi connectivity index (χ0n) is 18.5. The molecule has 4 heteroatoms. The van der Waals surface area contributed by atoms with Crippen LogP contribution in [-0.4, -0.2) is 6.36 Å². The van der Waals surface area contributed by atoms with Gasteiger partial charge < -0.3 is 4.74 Å². The van der Waals surface area contributed by atoms with Crippen LogP contribution in [0, 0.1) is 11.8 Å². The summed E-state index contributed by atoms with van der Waals surface area (Å²) in [6.07, 6.45) is 1.47. The van der Waals surface area contributed by atoms with E-state index in [1.807, 2.05) is 12.1 Å². The molecule has 0 spiro atoms. The van der Waals surface area contributed by atoms with E-state index in [2.05, 4.69) is 59.9 Å². The summed E-state index contributed by atoms with van der Waals surface area (Å²) < 4.78 is 40.7. The van der Waals surface area contributed by atoms with E-state index in [1.165, 1.54) is 71.7 Å². The van der Waals surface area contributed by atoms with E-state index in [4.69, 9.17) is 0 Å². The Hall–Kier alpha value is -3.45. The third-order valence-corrected chi connectivity index (χ3v) is 5.66. The largest absolute Gasteiger partial charge is 0.573 e. The predicted octanol–water partition coefficient (Wildman–Crippen LogP) is 8.41. The van der Waals surface area contributed by atoms with Crippen molar-refractivity contribution in [2.75, 3.05) is 0 Å². The lowest BCUT2D eigenvalue weighted by molar-refractivity contribution is -0.274. The molecule has 0 aromatic heterocycles. The Bertz CT molecular complexity index is 1310. The van der Waals surface area contributed by atoms with Crippen LogP contribution in [0.3, 0.4) is 0 Å². The van der Waals surface area contributed by atoms with Crippen LogP contribution in [-0.2, 0) is 6.42 Å². The maximum atomic E-state index is 12.3. The Kier molecular flexibility index (Phi) is 6.89.